The topological polar surface area (TPSA) is 129 Å². The number of thiazole rings is 1. The first-order valence-corrected chi connectivity index (χ1v) is 11.3. The molecule has 4 heterocycles. The third-order valence-electron chi connectivity index (χ3n) is 5.95. The van der Waals surface area contributed by atoms with E-state index in [-0.39, 0.29) is 17.9 Å². The largest absolute Gasteiger partial charge is 0.391 e. The van der Waals surface area contributed by atoms with Gasteiger partial charge in [0.05, 0.1) is 39.4 Å². The lowest BCUT2D eigenvalue weighted by Crippen LogP contribution is -2.59. The first-order chi connectivity index (χ1) is 15.0. The number of aliphatic hydroxyl groups is 1. The maximum Gasteiger partial charge on any atom is 0.274 e. The molecule has 3 aromatic rings. The van der Waals surface area contributed by atoms with E-state index >= 15 is 0 Å². The van der Waals surface area contributed by atoms with E-state index in [4.69, 9.17) is 5.84 Å². The Morgan fingerprint density at radius 3 is 2.87 bits per heavy atom. The highest BCUT2D eigenvalue weighted by molar-refractivity contribution is 7.18. The van der Waals surface area contributed by atoms with Crippen LogP contribution in [0.15, 0.2) is 30.6 Å². The predicted molar refractivity (Wildman–Crippen MR) is 120 cm³/mol. The van der Waals surface area contributed by atoms with Crippen molar-refractivity contribution in [2.45, 2.75) is 37.8 Å². The van der Waals surface area contributed by atoms with Crippen LogP contribution in [0.5, 0.6) is 0 Å². The fourth-order valence-electron chi connectivity index (χ4n) is 4.03. The van der Waals surface area contributed by atoms with Gasteiger partial charge in [0.2, 0.25) is 0 Å². The highest BCUT2D eigenvalue weighted by atomic mass is 32.1. The Kier molecular flexibility index (Phi) is 5.30. The van der Waals surface area contributed by atoms with Crippen LogP contribution in [0.25, 0.3) is 10.3 Å². The van der Waals surface area contributed by atoms with Gasteiger partial charge in [-0.15, -0.1) is 11.3 Å². The maximum atomic E-state index is 13.0. The molecule has 0 unspecified atom stereocenters. The van der Waals surface area contributed by atoms with Crippen molar-refractivity contribution in [1.82, 2.24) is 20.4 Å². The lowest BCUT2D eigenvalue weighted by atomic mass is 9.92. The summed E-state index contributed by atoms with van der Waals surface area (Å²) in [5.74, 6) is 5.90. The molecule has 0 spiro atoms. The SMILES string of the molecule is C[C@H]1CN(c2ccncc2NC(=O)c2ccc3sc(C4CC4)nc3n2)C[C@@H](NN)[C@@H]1O. The number of fused-ring (bicyclic) bond motifs is 1. The van der Waals surface area contributed by atoms with Crippen molar-refractivity contribution < 1.29 is 9.90 Å². The molecule has 1 aliphatic heterocycles. The molecule has 2 aliphatic rings. The van der Waals surface area contributed by atoms with Gasteiger partial charge in [0.25, 0.3) is 5.91 Å². The summed E-state index contributed by atoms with van der Waals surface area (Å²) in [7, 11) is 0. The number of nitrogens with two attached hydrogens (primary N) is 1. The van der Waals surface area contributed by atoms with E-state index < -0.39 is 6.10 Å². The zero-order valence-electron chi connectivity index (χ0n) is 17.2. The van der Waals surface area contributed by atoms with Gasteiger partial charge < -0.3 is 15.3 Å². The third kappa shape index (κ3) is 3.99. The molecule has 1 saturated carbocycles. The Hall–Kier alpha value is -2.66. The average molecular weight is 440 g/mol. The Bertz CT molecular complexity index is 1120. The van der Waals surface area contributed by atoms with Gasteiger partial charge in [-0.3, -0.25) is 21.0 Å². The second-order valence-electron chi connectivity index (χ2n) is 8.34. The fourth-order valence-corrected chi connectivity index (χ4v) is 5.11. The molecule has 3 atom stereocenters. The second kappa shape index (κ2) is 8.12. The molecule has 162 valence electrons. The third-order valence-corrected chi connectivity index (χ3v) is 7.12. The minimum atomic E-state index is -0.532. The molecule has 1 aliphatic carbocycles. The van der Waals surface area contributed by atoms with Crippen molar-refractivity contribution in [1.29, 1.82) is 0 Å². The summed E-state index contributed by atoms with van der Waals surface area (Å²) in [6.45, 7) is 3.13. The standard InChI is InChI=1S/C21H25N7O2S/c1-11-9-28(10-15(27-22)18(11)29)16-6-7-23-8-14(16)25-20(30)13-4-5-17-19(24-13)26-21(31-17)12-2-3-12/h4-8,11-12,15,18,27,29H,2-3,9-10,22H2,1H3,(H,25,30)/t11-,15+,18+/m0/s1. The van der Waals surface area contributed by atoms with Crippen LogP contribution in [0, 0.1) is 5.92 Å². The number of nitrogens with one attached hydrogen (secondary N) is 2. The van der Waals surface area contributed by atoms with Gasteiger partial charge in [-0.1, -0.05) is 6.92 Å². The van der Waals surface area contributed by atoms with Crippen LogP contribution >= 0.6 is 11.3 Å². The highest BCUT2D eigenvalue weighted by Crippen LogP contribution is 2.43. The normalized spacial score (nSPS) is 23.8. The number of aromatic nitrogens is 3. The minimum Gasteiger partial charge on any atom is -0.391 e. The molecule has 5 N–H and O–H groups in total. The van der Waals surface area contributed by atoms with Crippen molar-refractivity contribution in [2.75, 3.05) is 23.3 Å². The monoisotopic (exact) mass is 439 g/mol. The molecule has 0 radical (unpaired) electrons. The first-order valence-electron chi connectivity index (χ1n) is 10.5. The number of carbonyl (C=O) groups excluding carboxylic acids is 1. The van der Waals surface area contributed by atoms with Gasteiger partial charge in [0, 0.05) is 31.1 Å². The summed E-state index contributed by atoms with van der Waals surface area (Å²) < 4.78 is 1.00. The van der Waals surface area contributed by atoms with Crippen LogP contribution in [0.1, 0.15) is 41.2 Å². The van der Waals surface area contributed by atoms with E-state index in [1.165, 1.54) is 12.8 Å². The Morgan fingerprint density at radius 2 is 2.10 bits per heavy atom. The Balaban J connectivity index is 1.38. The molecule has 1 amide bonds. The zero-order valence-corrected chi connectivity index (χ0v) is 18.0. The average Bonchev–Trinajstić information content (AvgIpc) is 3.54. The second-order valence-corrected chi connectivity index (χ2v) is 9.40. The maximum absolute atomic E-state index is 13.0. The number of rotatable bonds is 5. The summed E-state index contributed by atoms with van der Waals surface area (Å²) >= 11 is 1.66. The molecule has 9 nitrogen and oxygen atoms in total. The molecule has 0 aromatic carbocycles. The van der Waals surface area contributed by atoms with E-state index in [0.29, 0.717) is 36.0 Å². The predicted octanol–water partition coefficient (Wildman–Crippen LogP) is 1.86. The van der Waals surface area contributed by atoms with E-state index in [0.717, 1.165) is 15.4 Å². The van der Waals surface area contributed by atoms with Crippen molar-refractivity contribution >= 4 is 39.0 Å². The number of piperidine rings is 1. The molecule has 3 aromatic heterocycles. The Labute approximate surface area is 183 Å². The lowest BCUT2D eigenvalue weighted by molar-refractivity contribution is 0.0643. The number of anilines is 2. The number of amides is 1. The number of carbonyl (C=O) groups is 1. The van der Waals surface area contributed by atoms with E-state index in [9.17, 15) is 9.90 Å². The quantitative estimate of drug-likeness (QED) is 0.350. The van der Waals surface area contributed by atoms with E-state index in [1.54, 1.807) is 29.8 Å². The van der Waals surface area contributed by atoms with Gasteiger partial charge in [0.1, 0.15) is 5.69 Å². The minimum absolute atomic E-state index is 0.0147. The van der Waals surface area contributed by atoms with E-state index in [2.05, 4.69) is 30.6 Å². The molecule has 2 fully saturated rings. The Morgan fingerprint density at radius 1 is 1.26 bits per heavy atom. The van der Waals surface area contributed by atoms with Crippen molar-refractivity contribution in [2.24, 2.45) is 11.8 Å². The summed E-state index contributed by atoms with van der Waals surface area (Å²) in [4.78, 5) is 28.3. The van der Waals surface area contributed by atoms with Crippen molar-refractivity contribution in [3.05, 3.63) is 41.3 Å². The molecule has 5 rings (SSSR count). The van der Waals surface area contributed by atoms with Crippen LogP contribution in [-0.2, 0) is 0 Å². The van der Waals surface area contributed by atoms with Crippen LogP contribution in [0.4, 0.5) is 11.4 Å². The van der Waals surface area contributed by atoms with Crippen LogP contribution in [-0.4, -0.2) is 51.2 Å². The zero-order chi connectivity index (χ0) is 21.5. The van der Waals surface area contributed by atoms with Gasteiger partial charge in [-0.05, 0) is 31.0 Å². The van der Waals surface area contributed by atoms with Crippen molar-refractivity contribution in [3.63, 3.8) is 0 Å². The van der Waals surface area contributed by atoms with Gasteiger partial charge >= 0.3 is 0 Å². The highest BCUT2D eigenvalue weighted by Gasteiger charge is 2.33. The first kappa shape index (κ1) is 20.3. The number of aliphatic hydroxyl groups excluding tert-OH is 1. The smallest absolute Gasteiger partial charge is 0.274 e. The molecule has 31 heavy (non-hydrogen) atoms. The lowest BCUT2D eigenvalue weighted by Gasteiger charge is -2.41. The number of hydrogen-bond donors (Lipinski definition) is 4. The number of hydrazine groups is 1. The van der Waals surface area contributed by atoms with E-state index in [1.807, 2.05) is 19.1 Å². The summed E-state index contributed by atoms with van der Waals surface area (Å²) in [5, 5.41) is 14.4. The fraction of sp³-hybridized carbons (Fsp3) is 0.429. The molecule has 1 saturated heterocycles. The number of nitrogens with zero attached hydrogens (tertiary/aromatic N) is 4. The van der Waals surface area contributed by atoms with Gasteiger partial charge in [0.15, 0.2) is 5.65 Å². The molecule has 10 heteroatoms. The molecular formula is C21H25N7O2S. The number of pyridine rings is 2. The van der Waals surface area contributed by atoms with Gasteiger partial charge in [-0.2, -0.15) is 0 Å². The summed E-state index contributed by atoms with van der Waals surface area (Å²) in [6, 6.07) is 5.23. The molecule has 0 bridgehead atoms. The summed E-state index contributed by atoms with van der Waals surface area (Å²) in [6.07, 6.45) is 5.15. The van der Waals surface area contributed by atoms with Crippen LogP contribution in [0.2, 0.25) is 0 Å². The van der Waals surface area contributed by atoms with Crippen molar-refractivity contribution in [3.8, 4) is 0 Å². The van der Waals surface area contributed by atoms with Crippen LogP contribution < -0.4 is 21.5 Å². The van der Waals surface area contributed by atoms with Crippen LogP contribution in [0.3, 0.4) is 0 Å². The summed E-state index contributed by atoms with van der Waals surface area (Å²) in [5.41, 5.74) is 5.05. The molecular weight excluding hydrogens is 414 g/mol. The van der Waals surface area contributed by atoms with Gasteiger partial charge in [-0.25, -0.2) is 9.97 Å². The number of hydrogen-bond acceptors (Lipinski definition) is 9.